The summed E-state index contributed by atoms with van der Waals surface area (Å²) in [4.78, 5) is 12.6. The van der Waals surface area contributed by atoms with E-state index in [1.165, 1.54) is 0 Å². The highest BCUT2D eigenvalue weighted by molar-refractivity contribution is 7.80. The van der Waals surface area contributed by atoms with Crippen LogP contribution in [0, 0.1) is 5.92 Å². The van der Waals surface area contributed by atoms with E-state index in [2.05, 4.69) is 24.9 Å². The van der Waals surface area contributed by atoms with Crippen LogP contribution in [-0.2, 0) is 0 Å². The number of carbonyl (C=O) groups is 1. The number of thiol groups is 1. The molecule has 1 amide bonds. The van der Waals surface area contributed by atoms with E-state index in [-0.39, 0.29) is 5.91 Å². The standard InChI is InChI=1S/C12H15NOS/c1-2-8-7-11(8)13-12(14)9-4-3-5-10(15)6-9/h3-6,8,11,15H,2,7H2,1H3,(H,13,14). The first-order valence-corrected chi connectivity index (χ1v) is 5.75. The molecule has 3 heteroatoms. The predicted octanol–water partition coefficient (Wildman–Crippen LogP) is 2.50. The van der Waals surface area contributed by atoms with Crippen LogP contribution in [0.5, 0.6) is 0 Å². The second kappa shape index (κ2) is 4.27. The van der Waals surface area contributed by atoms with Crippen LogP contribution < -0.4 is 5.32 Å². The molecule has 0 radical (unpaired) electrons. The van der Waals surface area contributed by atoms with Crippen molar-refractivity contribution in [2.45, 2.75) is 30.7 Å². The number of rotatable bonds is 3. The van der Waals surface area contributed by atoms with Crippen molar-refractivity contribution in [3.8, 4) is 0 Å². The molecule has 0 heterocycles. The highest BCUT2D eigenvalue weighted by atomic mass is 32.1. The highest BCUT2D eigenvalue weighted by Gasteiger charge is 2.36. The molecule has 0 aromatic heterocycles. The van der Waals surface area contributed by atoms with Crippen molar-refractivity contribution >= 4 is 18.5 Å². The van der Waals surface area contributed by atoms with Gasteiger partial charge < -0.3 is 5.32 Å². The topological polar surface area (TPSA) is 29.1 Å². The maximum Gasteiger partial charge on any atom is 0.251 e. The number of hydrogen-bond acceptors (Lipinski definition) is 2. The minimum Gasteiger partial charge on any atom is -0.349 e. The average molecular weight is 221 g/mol. The van der Waals surface area contributed by atoms with Gasteiger partial charge in [-0.25, -0.2) is 0 Å². The van der Waals surface area contributed by atoms with Gasteiger partial charge in [-0.2, -0.15) is 0 Å². The Hall–Kier alpha value is -0.960. The summed E-state index contributed by atoms with van der Waals surface area (Å²) in [6, 6.07) is 7.72. The summed E-state index contributed by atoms with van der Waals surface area (Å²) >= 11 is 4.21. The minimum atomic E-state index is 0.0202. The molecule has 1 N–H and O–H groups in total. The second-order valence-corrected chi connectivity index (χ2v) is 4.55. The van der Waals surface area contributed by atoms with Gasteiger partial charge in [0.25, 0.3) is 5.91 Å². The summed E-state index contributed by atoms with van der Waals surface area (Å²) in [6.07, 6.45) is 2.28. The van der Waals surface area contributed by atoms with Gasteiger partial charge in [0.2, 0.25) is 0 Å². The summed E-state index contributed by atoms with van der Waals surface area (Å²) in [5.41, 5.74) is 0.698. The quantitative estimate of drug-likeness (QED) is 0.754. The van der Waals surface area contributed by atoms with Crippen LogP contribution in [0.15, 0.2) is 29.2 Å². The summed E-state index contributed by atoms with van der Waals surface area (Å²) in [7, 11) is 0. The lowest BCUT2D eigenvalue weighted by Crippen LogP contribution is -2.26. The van der Waals surface area contributed by atoms with E-state index in [1.54, 1.807) is 6.07 Å². The molecular weight excluding hydrogens is 206 g/mol. The van der Waals surface area contributed by atoms with Gasteiger partial charge in [0.1, 0.15) is 0 Å². The Bertz CT molecular complexity index is 378. The predicted molar refractivity (Wildman–Crippen MR) is 63.3 cm³/mol. The van der Waals surface area contributed by atoms with Crippen molar-refractivity contribution in [2.24, 2.45) is 5.92 Å². The smallest absolute Gasteiger partial charge is 0.251 e. The fraction of sp³-hybridized carbons (Fsp3) is 0.417. The van der Waals surface area contributed by atoms with Crippen LogP contribution in [0.2, 0.25) is 0 Å². The number of carbonyl (C=O) groups excluding carboxylic acids is 1. The van der Waals surface area contributed by atoms with Crippen LogP contribution in [0.3, 0.4) is 0 Å². The summed E-state index contributed by atoms with van der Waals surface area (Å²) < 4.78 is 0. The number of nitrogens with one attached hydrogen (secondary N) is 1. The van der Waals surface area contributed by atoms with Gasteiger partial charge in [0.15, 0.2) is 0 Å². The Morgan fingerprint density at radius 3 is 3.00 bits per heavy atom. The molecule has 2 atom stereocenters. The first-order chi connectivity index (χ1) is 7.20. The lowest BCUT2D eigenvalue weighted by Gasteiger charge is -2.04. The largest absolute Gasteiger partial charge is 0.349 e. The maximum atomic E-state index is 11.8. The lowest BCUT2D eigenvalue weighted by molar-refractivity contribution is 0.0949. The molecule has 0 saturated heterocycles. The Kier molecular flexibility index (Phi) is 3.00. The third kappa shape index (κ3) is 2.53. The summed E-state index contributed by atoms with van der Waals surface area (Å²) in [5.74, 6) is 0.708. The van der Waals surface area contributed by atoms with E-state index in [1.807, 2.05) is 18.2 Å². The zero-order chi connectivity index (χ0) is 10.8. The van der Waals surface area contributed by atoms with Crippen molar-refractivity contribution in [3.05, 3.63) is 29.8 Å². The van der Waals surface area contributed by atoms with Crippen LogP contribution in [-0.4, -0.2) is 11.9 Å². The molecular formula is C12H15NOS. The highest BCUT2D eigenvalue weighted by Crippen LogP contribution is 2.33. The zero-order valence-electron chi connectivity index (χ0n) is 8.73. The molecule has 0 aliphatic heterocycles. The fourth-order valence-electron chi connectivity index (χ4n) is 1.77. The van der Waals surface area contributed by atoms with Gasteiger partial charge in [0.05, 0.1) is 0 Å². The minimum absolute atomic E-state index is 0.0202. The van der Waals surface area contributed by atoms with Crippen molar-refractivity contribution in [3.63, 3.8) is 0 Å². The molecule has 80 valence electrons. The van der Waals surface area contributed by atoms with E-state index >= 15 is 0 Å². The van der Waals surface area contributed by atoms with E-state index in [0.717, 1.165) is 17.7 Å². The van der Waals surface area contributed by atoms with Crippen molar-refractivity contribution in [2.75, 3.05) is 0 Å². The maximum absolute atomic E-state index is 11.8. The molecule has 2 nitrogen and oxygen atoms in total. The Labute approximate surface area is 95.5 Å². The molecule has 2 unspecified atom stereocenters. The molecule has 1 aromatic carbocycles. The molecule has 0 bridgehead atoms. The van der Waals surface area contributed by atoms with Crippen LogP contribution in [0.25, 0.3) is 0 Å². The van der Waals surface area contributed by atoms with Crippen molar-refractivity contribution in [1.29, 1.82) is 0 Å². The Morgan fingerprint density at radius 1 is 1.60 bits per heavy atom. The second-order valence-electron chi connectivity index (χ2n) is 4.03. The third-order valence-electron chi connectivity index (χ3n) is 2.87. The van der Waals surface area contributed by atoms with Gasteiger partial charge in [-0.05, 0) is 30.5 Å². The number of benzene rings is 1. The van der Waals surface area contributed by atoms with Crippen molar-refractivity contribution in [1.82, 2.24) is 5.32 Å². The molecule has 1 aromatic rings. The zero-order valence-corrected chi connectivity index (χ0v) is 9.63. The van der Waals surface area contributed by atoms with Gasteiger partial charge in [0, 0.05) is 16.5 Å². The molecule has 2 rings (SSSR count). The van der Waals surface area contributed by atoms with Gasteiger partial charge >= 0.3 is 0 Å². The molecule has 0 spiro atoms. The molecule has 1 fully saturated rings. The molecule has 15 heavy (non-hydrogen) atoms. The van der Waals surface area contributed by atoms with E-state index in [4.69, 9.17) is 0 Å². The van der Waals surface area contributed by atoms with Crippen LogP contribution in [0.1, 0.15) is 30.1 Å². The number of amides is 1. The SMILES string of the molecule is CCC1CC1NC(=O)c1cccc(S)c1. The Morgan fingerprint density at radius 2 is 2.40 bits per heavy atom. The lowest BCUT2D eigenvalue weighted by atomic mass is 10.2. The van der Waals surface area contributed by atoms with Gasteiger partial charge in [-0.1, -0.05) is 19.4 Å². The van der Waals surface area contributed by atoms with Crippen LogP contribution >= 0.6 is 12.6 Å². The molecule has 1 saturated carbocycles. The van der Waals surface area contributed by atoms with E-state index < -0.39 is 0 Å². The average Bonchev–Trinajstić information content (AvgIpc) is 2.96. The van der Waals surface area contributed by atoms with E-state index in [9.17, 15) is 4.79 Å². The number of hydrogen-bond donors (Lipinski definition) is 2. The third-order valence-corrected chi connectivity index (χ3v) is 3.15. The normalized spacial score (nSPS) is 23.6. The van der Waals surface area contributed by atoms with Gasteiger partial charge in [-0.3, -0.25) is 4.79 Å². The van der Waals surface area contributed by atoms with Crippen molar-refractivity contribution < 1.29 is 4.79 Å². The Balaban J connectivity index is 1.97. The first kappa shape index (κ1) is 10.6. The first-order valence-electron chi connectivity index (χ1n) is 5.30. The summed E-state index contributed by atoms with van der Waals surface area (Å²) in [5, 5.41) is 3.03. The van der Waals surface area contributed by atoms with E-state index in [0.29, 0.717) is 17.5 Å². The monoisotopic (exact) mass is 221 g/mol. The van der Waals surface area contributed by atoms with Gasteiger partial charge in [-0.15, -0.1) is 12.6 Å². The molecule has 1 aliphatic carbocycles. The summed E-state index contributed by atoms with van der Waals surface area (Å²) in [6.45, 7) is 2.16. The molecule has 1 aliphatic rings. The fourth-order valence-corrected chi connectivity index (χ4v) is 2.00. The van der Waals surface area contributed by atoms with Crippen LogP contribution in [0.4, 0.5) is 0 Å².